The number of sulfonamides is 1. The lowest BCUT2D eigenvalue weighted by Gasteiger charge is -2.30. The number of aryl methyl sites for hydroxylation is 1. The molecule has 2 aliphatic heterocycles. The van der Waals surface area contributed by atoms with E-state index in [1.54, 1.807) is 24.3 Å². The average Bonchev–Trinajstić information content (AvgIpc) is 3.43. The molecule has 0 spiro atoms. The molecular formula is C21H21N3O5S. The Labute approximate surface area is 174 Å². The zero-order valence-electron chi connectivity index (χ0n) is 16.4. The quantitative estimate of drug-likeness (QED) is 0.630. The van der Waals surface area contributed by atoms with Crippen molar-refractivity contribution in [3.63, 3.8) is 0 Å². The monoisotopic (exact) mass is 427 g/mol. The first-order valence-electron chi connectivity index (χ1n) is 9.81. The Morgan fingerprint density at radius 1 is 1.03 bits per heavy atom. The number of hydrogen-bond acceptors (Lipinski definition) is 7. The largest absolute Gasteiger partial charge is 0.454 e. The summed E-state index contributed by atoms with van der Waals surface area (Å²) in [6.45, 7) is 2.93. The molecule has 0 radical (unpaired) electrons. The van der Waals surface area contributed by atoms with Gasteiger partial charge in [-0.15, -0.1) is 10.2 Å². The first kappa shape index (κ1) is 19.1. The normalized spacial score (nSPS) is 19.2. The van der Waals surface area contributed by atoms with Gasteiger partial charge in [-0.2, -0.15) is 4.31 Å². The molecule has 9 heteroatoms. The van der Waals surface area contributed by atoms with E-state index in [1.807, 2.05) is 25.1 Å². The van der Waals surface area contributed by atoms with Gasteiger partial charge in [-0.05, 0) is 50.1 Å². The summed E-state index contributed by atoms with van der Waals surface area (Å²) in [5.74, 6) is 2.01. The summed E-state index contributed by atoms with van der Waals surface area (Å²) >= 11 is 0. The highest BCUT2D eigenvalue weighted by Crippen LogP contribution is 2.36. The smallest absolute Gasteiger partial charge is 0.247 e. The minimum absolute atomic E-state index is 0.144. The predicted octanol–water partition coefficient (Wildman–Crippen LogP) is 3.34. The lowest BCUT2D eigenvalue weighted by molar-refractivity contribution is 0.174. The second kappa shape index (κ2) is 7.41. The lowest BCUT2D eigenvalue weighted by Crippen LogP contribution is -2.39. The van der Waals surface area contributed by atoms with E-state index in [0.29, 0.717) is 41.3 Å². The fourth-order valence-corrected chi connectivity index (χ4v) is 5.29. The van der Waals surface area contributed by atoms with E-state index >= 15 is 0 Å². The standard InChI is InChI=1S/C21H21N3O5S/c1-14-4-7-17(8-5-14)30(25,26)24-10-2-3-16(12-24)21-23-22-20(29-21)15-6-9-18-19(11-15)28-13-27-18/h4-9,11,16H,2-3,10,12-13H2,1H3. The van der Waals surface area contributed by atoms with Crippen LogP contribution < -0.4 is 9.47 Å². The average molecular weight is 427 g/mol. The first-order chi connectivity index (χ1) is 14.5. The Kier molecular flexibility index (Phi) is 4.71. The van der Waals surface area contributed by atoms with E-state index in [-0.39, 0.29) is 12.7 Å². The van der Waals surface area contributed by atoms with Gasteiger partial charge < -0.3 is 13.9 Å². The van der Waals surface area contributed by atoms with Crippen molar-refractivity contribution in [2.24, 2.45) is 0 Å². The number of nitrogens with zero attached hydrogens (tertiary/aromatic N) is 3. The van der Waals surface area contributed by atoms with Gasteiger partial charge in [0.25, 0.3) is 0 Å². The minimum Gasteiger partial charge on any atom is -0.454 e. The van der Waals surface area contributed by atoms with Crippen molar-refractivity contribution in [1.29, 1.82) is 0 Å². The van der Waals surface area contributed by atoms with Gasteiger partial charge in [0.15, 0.2) is 11.5 Å². The van der Waals surface area contributed by atoms with Crippen LogP contribution in [-0.4, -0.2) is 42.8 Å². The van der Waals surface area contributed by atoms with Crippen LogP contribution in [0.2, 0.25) is 0 Å². The molecular weight excluding hydrogens is 406 g/mol. The van der Waals surface area contributed by atoms with E-state index in [1.165, 1.54) is 4.31 Å². The number of benzene rings is 2. The maximum atomic E-state index is 13.0. The molecule has 1 unspecified atom stereocenters. The van der Waals surface area contributed by atoms with Crippen molar-refractivity contribution in [2.45, 2.75) is 30.6 Å². The molecule has 0 bridgehead atoms. The van der Waals surface area contributed by atoms with Crippen molar-refractivity contribution >= 4 is 10.0 Å². The number of rotatable bonds is 4. The van der Waals surface area contributed by atoms with Crippen LogP contribution in [0.25, 0.3) is 11.5 Å². The highest BCUT2D eigenvalue weighted by Gasteiger charge is 2.33. The molecule has 5 rings (SSSR count). The highest BCUT2D eigenvalue weighted by molar-refractivity contribution is 7.89. The number of ether oxygens (including phenoxy) is 2. The number of fused-ring (bicyclic) bond motifs is 1. The summed E-state index contributed by atoms with van der Waals surface area (Å²) in [6, 6.07) is 12.4. The maximum absolute atomic E-state index is 13.0. The minimum atomic E-state index is -3.56. The van der Waals surface area contributed by atoms with Gasteiger partial charge >= 0.3 is 0 Å². The Hall–Kier alpha value is -2.91. The van der Waals surface area contributed by atoms with Gasteiger partial charge in [0, 0.05) is 18.7 Å². The van der Waals surface area contributed by atoms with Gasteiger partial charge in [-0.3, -0.25) is 0 Å². The van der Waals surface area contributed by atoms with Gasteiger partial charge in [0.1, 0.15) is 0 Å². The summed E-state index contributed by atoms with van der Waals surface area (Å²) < 4.78 is 44.2. The zero-order chi connectivity index (χ0) is 20.7. The van der Waals surface area contributed by atoms with Gasteiger partial charge in [0.2, 0.25) is 28.6 Å². The third-order valence-electron chi connectivity index (χ3n) is 5.45. The van der Waals surface area contributed by atoms with Crippen molar-refractivity contribution in [3.05, 3.63) is 53.9 Å². The molecule has 2 aliphatic rings. The third kappa shape index (κ3) is 3.44. The molecule has 0 saturated carbocycles. The molecule has 0 aliphatic carbocycles. The molecule has 3 aromatic rings. The molecule has 8 nitrogen and oxygen atoms in total. The summed E-state index contributed by atoms with van der Waals surface area (Å²) in [6.07, 6.45) is 1.53. The first-order valence-corrected chi connectivity index (χ1v) is 11.2. The van der Waals surface area contributed by atoms with Gasteiger partial charge in [-0.1, -0.05) is 17.7 Å². The highest BCUT2D eigenvalue weighted by atomic mass is 32.2. The van der Waals surface area contributed by atoms with Crippen LogP contribution in [0.3, 0.4) is 0 Å². The predicted molar refractivity (Wildman–Crippen MR) is 108 cm³/mol. The van der Waals surface area contributed by atoms with Crippen LogP contribution in [0, 0.1) is 6.92 Å². The van der Waals surface area contributed by atoms with Crippen LogP contribution in [0.15, 0.2) is 51.8 Å². The molecule has 1 saturated heterocycles. The fourth-order valence-electron chi connectivity index (χ4n) is 3.77. The van der Waals surface area contributed by atoms with Crippen LogP contribution in [0.5, 0.6) is 11.5 Å². The van der Waals surface area contributed by atoms with Crippen LogP contribution in [0.1, 0.15) is 30.2 Å². The molecule has 0 amide bonds. The second-order valence-electron chi connectivity index (χ2n) is 7.53. The molecule has 1 fully saturated rings. The fraction of sp³-hybridized carbons (Fsp3) is 0.333. The molecule has 156 valence electrons. The van der Waals surface area contributed by atoms with Crippen molar-refractivity contribution in [2.75, 3.05) is 19.9 Å². The molecule has 1 atom stereocenters. The van der Waals surface area contributed by atoms with E-state index in [4.69, 9.17) is 13.9 Å². The van der Waals surface area contributed by atoms with E-state index < -0.39 is 10.0 Å². The Morgan fingerprint density at radius 3 is 2.67 bits per heavy atom. The zero-order valence-corrected chi connectivity index (χ0v) is 17.3. The molecule has 2 aromatic carbocycles. The van der Waals surface area contributed by atoms with Crippen molar-refractivity contribution in [1.82, 2.24) is 14.5 Å². The summed E-state index contributed by atoms with van der Waals surface area (Å²) in [4.78, 5) is 0.306. The van der Waals surface area contributed by atoms with E-state index in [0.717, 1.165) is 24.0 Å². The number of aromatic nitrogens is 2. The molecule has 0 N–H and O–H groups in total. The second-order valence-corrected chi connectivity index (χ2v) is 9.47. The SMILES string of the molecule is Cc1ccc(S(=O)(=O)N2CCCC(c3nnc(-c4ccc5c(c4)OCO5)o3)C2)cc1. The van der Waals surface area contributed by atoms with Crippen LogP contribution in [0.4, 0.5) is 0 Å². The van der Waals surface area contributed by atoms with E-state index in [2.05, 4.69) is 10.2 Å². The van der Waals surface area contributed by atoms with Gasteiger partial charge in [-0.25, -0.2) is 8.42 Å². The Bertz CT molecular complexity index is 1170. The van der Waals surface area contributed by atoms with Crippen molar-refractivity contribution < 1.29 is 22.3 Å². The van der Waals surface area contributed by atoms with Gasteiger partial charge in [0.05, 0.1) is 10.8 Å². The number of hydrogen-bond donors (Lipinski definition) is 0. The lowest BCUT2D eigenvalue weighted by atomic mass is 10.00. The third-order valence-corrected chi connectivity index (χ3v) is 7.33. The van der Waals surface area contributed by atoms with Crippen LogP contribution >= 0.6 is 0 Å². The molecule has 3 heterocycles. The molecule has 1 aromatic heterocycles. The topological polar surface area (TPSA) is 94.8 Å². The van der Waals surface area contributed by atoms with E-state index in [9.17, 15) is 8.42 Å². The van der Waals surface area contributed by atoms with Crippen LogP contribution in [-0.2, 0) is 10.0 Å². The number of piperidine rings is 1. The maximum Gasteiger partial charge on any atom is 0.247 e. The van der Waals surface area contributed by atoms with Crippen molar-refractivity contribution in [3.8, 4) is 23.0 Å². The summed E-state index contributed by atoms with van der Waals surface area (Å²) in [5.41, 5.74) is 1.75. The summed E-state index contributed by atoms with van der Waals surface area (Å²) in [7, 11) is -3.56. The molecule has 30 heavy (non-hydrogen) atoms. The Morgan fingerprint density at radius 2 is 1.83 bits per heavy atom. The summed E-state index contributed by atoms with van der Waals surface area (Å²) in [5, 5.41) is 8.36. The Balaban J connectivity index is 1.36.